The van der Waals surface area contributed by atoms with Crippen LogP contribution in [-0.2, 0) is 11.3 Å². The molecule has 2 aromatic carbocycles. The molecule has 0 aromatic heterocycles. The Morgan fingerprint density at radius 3 is 2.54 bits per heavy atom. The molecule has 6 heteroatoms. The van der Waals surface area contributed by atoms with Crippen LogP contribution in [0.5, 0.6) is 5.75 Å². The highest BCUT2D eigenvalue weighted by atomic mass is 35.5. The molecule has 1 saturated carbocycles. The van der Waals surface area contributed by atoms with Crippen LogP contribution >= 0.6 is 11.6 Å². The lowest BCUT2D eigenvalue weighted by Crippen LogP contribution is -2.48. The summed E-state index contributed by atoms with van der Waals surface area (Å²) in [6, 6.07) is 12.2. The van der Waals surface area contributed by atoms with E-state index in [4.69, 9.17) is 16.3 Å². The lowest BCUT2D eigenvalue weighted by Gasteiger charge is -2.35. The average Bonchev–Trinajstić information content (AvgIpc) is 3.50. The summed E-state index contributed by atoms with van der Waals surface area (Å²) in [7, 11) is 1.66. The van der Waals surface area contributed by atoms with Crippen LogP contribution in [0.25, 0.3) is 0 Å². The highest BCUT2D eigenvalue weighted by Gasteiger charge is 2.46. The van der Waals surface area contributed by atoms with Crippen LogP contribution in [0, 0.1) is 11.7 Å². The lowest BCUT2D eigenvalue weighted by atomic mass is 10.1. The predicted molar refractivity (Wildman–Crippen MR) is 107 cm³/mol. The first-order chi connectivity index (χ1) is 13.5. The number of halogens is 2. The molecule has 1 heterocycles. The molecule has 1 saturated heterocycles. The van der Waals surface area contributed by atoms with E-state index in [2.05, 4.69) is 4.90 Å². The number of carbonyl (C=O) groups is 1. The zero-order valence-corrected chi connectivity index (χ0v) is 16.7. The summed E-state index contributed by atoms with van der Waals surface area (Å²) >= 11 is 6.12. The fraction of sp³-hybridized carbons (Fsp3) is 0.409. The van der Waals surface area contributed by atoms with Crippen molar-refractivity contribution in [1.82, 2.24) is 9.80 Å². The van der Waals surface area contributed by atoms with E-state index in [1.165, 1.54) is 12.1 Å². The Labute approximate surface area is 169 Å². The van der Waals surface area contributed by atoms with Crippen molar-refractivity contribution in [2.24, 2.45) is 5.92 Å². The first kappa shape index (κ1) is 19.2. The Morgan fingerprint density at radius 2 is 1.86 bits per heavy atom. The van der Waals surface area contributed by atoms with Crippen LogP contribution in [0.4, 0.5) is 4.39 Å². The second kappa shape index (κ2) is 8.10. The second-order valence-electron chi connectivity index (χ2n) is 7.56. The minimum atomic E-state index is -0.236. The smallest absolute Gasteiger partial charge is 0.226 e. The van der Waals surface area contributed by atoms with Gasteiger partial charge < -0.3 is 9.64 Å². The van der Waals surface area contributed by atoms with Crippen LogP contribution in [-0.4, -0.2) is 49.0 Å². The third kappa shape index (κ3) is 4.15. The highest BCUT2D eigenvalue weighted by molar-refractivity contribution is 6.30. The van der Waals surface area contributed by atoms with Gasteiger partial charge in [-0.05, 0) is 48.2 Å². The van der Waals surface area contributed by atoms with Crippen LogP contribution in [0.2, 0.25) is 5.02 Å². The fourth-order valence-electron chi connectivity index (χ4n) is 4.02. The van der Waals surface area contributed by atoms with Gasteiger partial charge in [0.1, 0.15) is 11.6 Å². The maximum Gasteiger partial charge on any atom is 0.226 e. The molecule has 1 amide bonds. The molecule has 1 aliphatic carbocycles. The van der Waals surface area contributed by atoms with E-state index in [1.807, 2.05) is 23.1 Å². The number of hydrogen-bond donors (Lipinski definition) is 0. The van der Waals surface area contributed by atoms with E-state index < -0.39 is 0 Å². The maximum atomic E-state index is 13.1. The van der Waals surface area contributed by atoms with Gasteiger partial charge >= 0.3 is 0 Å². The number of amides is 1. The van der Waals surface area contributed by atoms with Crippen molar-refractivity contribution in [2.45, 2.75) is 18.9 Å². The van der Waals surface area contributed by atoms with Crippen molar-refractivity contribution in [3.05, 3.63) is 64.4 Å². The molecule has 0 N–H and O–H groups in total. The van der Waals surface area contributed by atoms with Crippen molar-refractivity contribution < 1.29 is 13.9 Å². The summed E-state index contributed by atoms with van der Waals surface area (Å²) in [5, 5.41) is 0.699. The Balaban J connectivity index is 1.30. The molecule has 2 unspecified atom stereocenters. The van der Waals surface area contributed by atoms with Crippen LogP contribution in [0.15, 0.2) is 42.5 Å². The van der Waals surface area contributed by atoms with Gasteiger partial charge in [-0.15, -0.1) is 0 Å². The van der Waals surface area contributed by atoms with Gasteiger partial charge in [0.05, 0.1) is 7.11 Å². The van der Waals surface area contributed by atoms with E-state index in [0.29, 0.717) is 5.02 Å². The largest absolute Gasteiger partial charge is 0.496 e. The van der Waals surface area contributed by atoms with Crippen molar-refractivity contribution in [1.29, 1.82) is 0 Å². The van der Waals surface area contributed by atoms with Gasteiger partial charge in [0.2, 0.25) is 5.91 Å². The standard InChI is InChI=1S/C22H24ClFN2O2/c1-28-21-7-4-17(23)12-16(21)14-25-8-10-26(11-9-25)22(27)20-13-19(20)15-2-5-18(24)6-3-15/h2-7,12,19-20H,8-11,13-14H2,1H3. The predicted octanol–water partition coefficient (Wildman–Crippen LogP) is 3.94. The number of ether oxygens (including phenoxy) is 1. The van der Waals surface area contributed by atoms with Gasteiger partial charge in [-0.2, -0.15) is 0 Å². The Kier molecular flexibility index (Phi) is 5.56. The number of rotatable bonds is 5. The van der Waals surface area contributed by atoms with Crippen molar-refractivity contribution in [2.75, 3.05) is 33.3 Å². The second-order valence-corrected chi connectivity index (χ2v) is 7.99. The van der Waals surface area contributed by atoms with Crippen molar-refractivity contribution in [3.63, 3.8) is 0 Å². The number of hydrogen-bond acceptors (Lipinski definition) is 3. The van der Waals surface area contributed by atoms with Gasteiger partial charge in [-0.25, -0.2) is 4.39 Å². The molecule has 2 aromatic rings. The zero-order valence-electron chi connectivity index (χ0n) is 15.9. The van der Waals surface area contributed by atoms with E-state index in [-0.39, 0.29) is 23.6 Å². The molecule has 0 radical (unpaired) electrons. The molecule has 2 fully saturated rings. The molecule has 2 atom stereocenters. The normalized spacial score (nSPS) is 22.2. The van der Waals surface area contributed by atoms with Gasteiger partial charge in [0, 0.05) is 49.2 Å². The topological polar surface area (TPSA) is 32.8 Å². The van der Waals surface area contributed by atoms with Crippen LogP contribution < -0.4 is 4.74 Å². The molecular formula is C22H24ClFN2O2. The zero-order chi connectivity index (χ0) is 19.7. The highest BCUT2D eigenvalue weighted by Crippen LogP contribution is 2.48. The number of benzene rings is 2. The van der Waals surface area contributed by atoms with Gasteiger partial charge in [-0.3, -0.25) is 9.69 Å². The Morgan fingerprint density at radius 1 is 1.14 bits per heavy atom. The van der Waals surface area contributed by atoms with Gasteiger partial charge in [0.15, 0.2) is 0 Å². The summed E-state index contributed by atoms with van der Waals surface area (Å²) in [5.41, 5.74) is 2.12. The molecule has 1 aliphatic heterocycles. The first-order valence-electron chi connectivity index (χ1n) is 9.64. The first-order valence-corrected chi connectivity index (χ1v) is 10.0. The fourth-order valence-corrected chi connectivity index (χ4v) is 4.21. The summed E-state index contributed by atoms with van der Waals surface area (Å²) < 4.78 is 18.5. The molecule has 4 nitrogen and oxygen atoms in total. The minimum Gasteiger partial charge on any atom is -0.496 e. The summed E-state index contributed by atoms with van der Waals surface area (Å²) in [4.78, 5) is 17.1. The summed E-state index contributed by atoms with van der Waals surface area (Å²) in [6.45, 7) is 3.88. The number of methoxy groups -OCH3 is 1. The number of carbonyl (C=O) groups excluding carboxylic acids is 1. The van der Waals surface area contributed by atoms with E-state index in [9.17, 15) is 9.18 Å². The van der Waals surface area contributed by atoms with Crippen molar-refractivity contribution in [3.8, 4) is 5.75 Å². The molecule has 0 bridgehead atoms. The molecule has 0 spiro atoms. The third-order valence-electron chi connectivity index (χ3n) is 5.73. The lowest BCUT2D eigenvalue weighted by molar-refractivity contribution is -0.134. The minimum absolute atomic E-state index is 0.0463. The molecular weight excluding hydrogens is 379 g/mol. The molecule has 4 rings (SSSR count). The molecule has 28 heavy (non-hydrogen) atoms. The SMILES string of the molecule is COc1ccc(Cl)cc1CN1CCN(C(=O)C2CC2c2ccc(F)cc2)CC1. The average molecular weight is 403 g/mol. The maximum absolute atomic E-state index is 13.1. The van der Waals surface area contributed by atoms with E-state index >= 15 is 0 Å². The summed E-state index contributed by atoms with van der Waals surface area (Å²) in [6.07, 6.45) is 0.865. The summed E-state index contributed by atoms with van der Waals surface area (Å²) in [5.74, 6) is 1.11. The Hall–Kier alpha value is -2.11. The number of nitrogens with zero attached hydrogens (tertiary/aromatic N) is 2. The Bertz CT molecular complexity index is 850. The van der Waals surface area contributed by atoms with Crippen LogP contribution in [0.1, 0.15) is 23.5 Å². The van der Waals surface area contributed by atoms with E-state index in [0.717, 1.165) is 56.0 Å². The monoisotopic (exact) mass is 402 g/mol. The quantitative estimate of drug-likeness (QED) is 0.759. The number of piperazine rings is 1. The van der Waals surface area contributed by atoms with Gasteiger partial charge in [0.25, 0.3) is 0 Å². The van der Waals surface area contributed by atoms with Gasteiger partial charge in [-0.1, -0.05) is 23.7 Å². The van der Waals surface area contributed by atoms with Crippen LogP contribution in [0.3, 0.4) is 0 Å². The molecule has 148 valence electrons. The third-order valence-corrected chi connectivity index (χ3v) is 5.96. The molecule has 2 aliphatic rings. The van der Waals surface area contributed by atoms with E-state index in [1.54, 1.807) is 19.2 Å². The van der Waals surface area contributed by atoms with Crippen molar-refractivity contribution >= 4 is 17.5 Å².